The third kappa shape index (κ3) is 4.65. The van der Waals surface area contributed by atoms with Gasteiger partial charge in [-0.3, -0.25) is 10.1 Å². The van der Waals surface area contributed by atoms with Gasteiger partial charge in [0.2, 0.25) is 0 Å². The minimum absolute atomic E-state index is 0.0628. The van der Waals surface area contributed by atoms with Crippen LogP contribution >= 0.6 is 0 Å². The first-order valence-electron chi connectivity index (χ1n) is 8.84. The number of hydrogen-bond donors (Lipinski definition) is 2. The molecule has 1 amide bonds. The summed E-state index contributed by atoms with van der Waals surface area (Å²) < 4.78 is 73.8. The number of nitrogens with zero attached hydrogens (tertiary/aromatic N) is 1. The number of carboxylic acids is 1. The Morgan fingerprint density at radius 1 is 1.16 bits per heavy atom. The lowest BCUT2D eigenvalue weighted by atomic mass is 9.84. The van der Waals surface area contributed by atoms with Crippen molar-refractivity contribution in [1.29, 1.82) is 0 Å². The van der Waals surface area contributed by atoms with Crippen LogP contribution < -0.4 is 5.32 Å². The number of amidine groups is 1. The first kappa shape index (κ1) is 22.2. The Labute approximate surface area is 172 Å². The summed E-state index contributed by atoms with van der Waals surface area (Å²) in [6, 6.07) is 8.72. The highest BCUT2D eigenvalue weighted by molar-refractivity contribution is 6.04. The van der Waals surface area contributed by atoms with Gasteiger partial charge in [-0.05, 0) is 30.3 Å². The molecule has 1 aliphatic heterocycles. The number of benzene rings is 2. The molecule has 0 aromatic heterocycles. The van der Waals surface area contributed by atoms with Crippen LogP contribution in [0.4, 0.5) is 22.0 Å². The third-order valence-corrected chi connectivity index (χ3v) is 4.65. The summed E-state index contributed by atoms with van der Waals surface area (Å²) in [5, 5.41) is 11.2. The Morgan fingerprint density at radius 3 is 2.42 bits per heavy atom. The van der Waals surface area contributed by atoms with Gasteiger partial charge >= 0.3 is 12.1 Å². The van der Waals surface area contributed by atoms with Crippen LogP contribution in [0.5, 0.6) is 0 Å². The zero-order chi connectivity index (χ0) is 22.8. The van der Waals surface area contributed by atoms with Gasteiger partial charge in [-0.1, -0.05) is 18.2 Å². The maximum Gasteiger partial charge on any atom is 0.425 e. The molecule has 31 heavy (non-hydrogen) atoms. The fourth-order valence-corrected chi connectivity index (χ4v) is 3.09. The van der Waals surface area contributed by atoms with Gasteiger partial charge in [-0.15, -0.1) is 0 Å². The molecule has 0 aliphatic carbocycles. The van der Waals surface area contributed by atoms with E-state index in [9.17, 15) is 31.5 Å². The van der Waals surface area contributed by atoms with E-state index in [2.05, 4.69) is 4.99 Å². The van der Waals surface area contributed by atoms with E-state index < -0.39 is 65.8 Å². The molecule has 2 aromatic rings. The fourth-order valence-electron chi connectivity index (χ4n) is 3.09. The van der Waals surface area contributed by atoms with Gasteiger partial charge in [0.25, 0.3) is 11.9 Å². The summed E-state index contributed by atoms with van der Waals surface area (Å²) in [4.78, 5) is 27.3. The Balaban J connectivity index is 2.09. The second-order valence-corrected chi connectivity index (χ2v) is 6.75. The third-order valence-electron chi connectivity index (χ3n) is 4.65. The van der Waals surface area contributed by atoms with Crippen LogP contribution in [0.15, 0.2) is 53.5 Å². The molecule has 0 fully saturated rings. The quantitative estimate of drug-likeness (QED) is 0.705. The number of amides is 1. The molecule has 0 saturated carbocycles. The van der Waals surface area contributed by atoms with E-state index >= 15 is 0 Å². The number of carboxylic acid groups (broad SMARTS) is 1. The monoisotopic (exact) mass is 442 g/mol. The van der Waals surface area contributed by atoms with E-state index in [-0.39, 0.29) is 5.56 Å². The Morgan fingerprint density at radius 2 is 1.84 bits per heavy atom. The van der Waals surface area contributed by atoms with Crippen LogP contribution in [0.1, 0.15) is 32.7 Å². The Kier molecular flexibility index (Phi) is 5.96. The van der Waals surface area contributed by atoms with Gasteiger partial charge in [0.1, 0.15) is 18.0 Å². The Hall–Kier alpha value is -3.50. The summed E-state index contributed by atoms with van der Waals surface area (Å²) >= 11 is 0. The van der Waals surface area contributed by atoms with Crippen molar-refractivity contribution >= 4 is 17.9 Å². The van der Waals surface area contributed by atoms with Gasteiger partial charge in [0.15, 0.2) is 6.10 Å². The number of ether oxygens (including phenoxy) is 1. The van der Waals surface area contributed by atoms with E-state index in [1.807, 2.05) is 5.32 Å². The second kappa shape index (κ2) is 8.32. The number of aromatic carboxylic acids is 1. The van der Waals surface area contributed by atoms with Crippen molar-refractivity contribution in [2.24, 2.45) is 4.99 Å². The second-order valence-electron chi connectivity index (χ2n) is 6.75. The van der Waals surface area contributed by atoms with Crippen LogP contribution in [-0.2, 0) is 10.3 Å². The fraction of sp³-hybridized carbons (Fsp3) is 0.250. The average Bonchev–Trinajstić information content (AvgIpc) is 2.73. The van der Waals surface area contributed by atoms with Crippen molar-refractivity contribution in [2.45, 2.75) is 24.2 Å². The van der Waals surface area contributed by atoms with Crippen molar-refractivity contribution < 1.29 is 41.4 Å². The average molecular weight is 442 g/mol. The number of carbonyl (C=O) groups is 2. The predicted molar refractivity (Wildman–Crippen MR) is 97.9 cm³/mol. The summed E-state index contributed by atoms with van der Waals surface area (Å²) in [5.41, 5.74) is -3.57. The molecule has 164 valence electrons. The smallest absolute Gasteiger partial charge is 0.425 e. The number of carbonyl (C=O) groups excluding carboxylic acids is 1. The van der Waals surface area contributed by atoms with Crippen LogP contribution in [0.25, 0.3) is 0 Å². The summed E-state index contributed by atoms with van der Waals surface area (Å²) in [6.45, 7) is -1.60. The summed E-state index contributed by atoms with van der Waals surface area (Å²) in [7, 11) is 0. The van der Waals surface area contributed by atoms with Crippen molar-refractivity contribution in [3.63, 3.8) is 0 Å². The molecule has 0 bridgehead atoms. The van der Waals surface area contributed by atoms with E-state index in [0.717, 1.165) is 12.1 Å². The molecule has 0 radical (unpaired) electrons. The van der Waals surface area contributed by atoms with Crippen molar-refractivity contribution in [1.82, 2.24) is 5.32 Å². The maximum absolute atomic E-state index is 14.5. The van der Waals surface area contributed by atoms with Crippen LogP contribution in [0.2, 0.25) is 0 Å². The normalized spacial score (nSPS) is 21.1. The van der Waals surface area contributed by atoms with E-state index in [1.165, 1.54) is 24.3 Å². The lowest BCUT2D eigenvalue weighted by molar-refractivity contribution is -0.209. The number of halogens is 5. The first-order valence-corrected chi connectivity index (χ1v) is 8.84. The number of rotatable bonds is 4. The first-order chi connectivity index (χ1) is 14.6. The molecule has 0 unspecified atom stereocenters. The molecule has 11 heteroatoms. The van der Waals surface area contributed by atoms with Gasteiger partial charge < -0.3 is 9.84 Å². The highest BCUT2D eigenvalue weighted by Crippen LogP contribution is 2.42. The molecule has 1 aliphatic rings. The largest absolute Gasteiger partial charge is 0.478 e. The van der Waals surface area contributed by atoms with E-state index in [1.54, 1.807) is 6.07 Å². The topological polar surface area (TPSA) is 88.0 Å². The lowest BCUT2D eigenvalue weighted by Crippen LogP contribution is -2.50. The highest BCUT2D eigenvalue weighted by atomic mass is 19.4. The molecule has 3 rings (SSSR count). The highest BCUT2D eigenvalue weighted by Gasteiger charge is 2.52. The summed E-state index contributed by atoms with van der Waals surface area (Å²) in [5.74, 6) is -3.52. The molecule has 1 heterocycles. The van der Waals surface area contributed by atoms with Crippen LogP contribution in [0.3, 0.4) is 0 Å². The Bertz CT molecular complexity index is 1030. The lowest BCUT2D eigenvalue weighted by Gasteiger charge is -2.37. The minimum Gasteiger partial charge on any atom is -0.478 e. The SMILES string of the molecule is O=C(O)c1ccc(F)c([C@]2(CF)C[C@@H](C(F)(F)F)OC(NC(=O)c3ccccc3)=N2)c1. The number of nitrogens with one attached hydrogen (secondary N) is 1. The molecule has 2 N–H and O–H groups in total. The number of aliphatic imine (C=N–C) groups is 1. The maximum atomic E-state index is 14.5. The molecule has 2 aromatic carbocycles. The summed E-state index contributed by atoms with van der Waals surface area (Å²) in [6.07, 6.45) is -8.78. The number of hydrogen-bond acceptors (Lipinski definition) is 4. The molecule has 2 atom stereocenters. The molecule has 0 saturated heterocycles. The number of alkyl halides is 4. The zero-order valence-corrected chi connectivity index (χ0v) is 15.6. The predicted octanol–water partition coefficient (Wildman–Crippen LogP) is 3.83. The van der Waals surface area contributed by atoms with E-state index in [4.69, 9.17) is 9.84 Å². The van der Waals surface area contributed by atoms with Gasteiger partial charge in [-0.25, -0.2) is 18.6 Å². The van der Waals surface area contributed by atoms with Gasteiger partial charge in [0, 0.05) is 17.5 Å². The molecular weight excluding hydrogens is 427 g/mol. The molecular formula is C20H15F5N2O4. The van der Waals surface area contributed by atoms with Crippen LogP contribution in [0, 0.1) is 5.82 Å². The minimum atomic E-state index is -5.00. The zero-order valence-electron chi connectivity index (χ0n) is 15.6. The van der Waals surface area contributed by atoms with E-state index in [0.29, 0.717) is 6.07 Å². The van der Waals surface area contributed by atoms with Crippen molar-refractivity contribution in [2.75, 3.05) is 6.67 Å². The molecule has 0 spiro atoms. The molecule has 6 nitrogen and oxygen atoms in total. The van der Waals surface area contributed by atoms with Gasteiger partial charge in [0.05, 0.1) is 5.56 Å². The van der Waals surface area contributed by atoms with Gasteiger partial charge in [-0.2, -0.15) is 13.2 Å². The van der Waals surface area contributed by atoms with Crippen molar-refractivity contribution in [3.8, 4) is 0 Å². The van der Waals surface area contributed by atoms with Crippen LogP contribution in [-0.4, -0.2) is 42.0 Å². The standard InChI is InChI=1S/C20H15F5N2O4/c21-10-19(13-8-12(17(29)30)6-7-14(13)22)9-15(20(23,24)25)31-18(27-19)26-16(28)11-4-2-1-3-5-11/h1-8,15H,9-10H2,(H,29,30)(H,26,27,28)/t15-,19+/m0/s1. The van der Waals surface area contributed by atoms with Crippen molar-refractivity contribution in [3.05, 3.63) is 71.0 Å².